The van der Waals surface area contributed by atoms with Gasteiger partial charge in [-0.3, -0.25) is 4.79 Å². The summed E-state index contributed by atoms with van der Waals surface area (Å²) < 4.78 is 5.23. The number of esters is 1. The minimum Gasteiger partial charge on any atom is -0.462 e. The molecule has 1 aliphatic carbocycles. The summed E-state index contributed by atoms with van der Waals surface area (Å²) in [6.07, 6.45) is 6.20. The summed E-state index contributed by atoms with van der Waals surface area (Å²) in [5.41, 5.74) is 2.90. The Morgan fingerprint density at radius 2 is 1.92 bits per heavy atom. The van der Waals surface area contributed by atoms with E-state index in [1.54, 1.807) is 18.3 Å². The van der Waals surface area contributed by atoms with E-state index in [4.69, 9.17) is 4.74 Å². The number of nitrogens with one attached hydrogen (secondary N) is 1. The molecule has 1 aromatic carbocycles. The number of fused-ring (bicyclic) bond motifs is 1. The lowest BCUT2D eigenvalue weighted by Gasteiger charge is -2.12. The van der Waals surface area contributed by atoms with Crippen molar-refractivity contribution in [3.63, 3.8) is 0 Å². The Morgan fingerprint density at radius 3 is 2.69 bits per heavy atom. The molecule has 138 valence electrons. The first-order valence-corrected chi connectivity index (χ1v) is 10.2. The highest BCUT2D eigenvalue weighted by Crippen LogP contribution is 2.38. The van der Waals surface area contributed by atoms with E-state index >= 15 is 0 Å². The molecular formula is C21H25NO3S. The van der Waals surface area contributed by atoms with Crippen molar-refractivity contribution in [1.82, 2.24) is 0 Å². The van der Waals surface area contributed by atoms with Crippen LogP contribution in [-0.2, 0) is 28.8 Å². The van der Waals surface area contributed by atoms with Crippen LogP contribution < -0.4 is 5.32 Å². The summed E-state index contributed by atoms with van der Waals surface area (Å²) in [4.78, 5) is 26.0. The lowest BCUT2D eigenvalue weighted by atomic mass is 9.95. The van der Waals surface area contributed by atoms with Gasteiger partial charge < -0.3 is 10.1 Å². The van der Waals surface area contributed by atoms with Crippen LogP contribution in [0, 0.1) is 0 Å². The molecule has 1 amide bonds. The van der Waals surface area contributed by atoms with Crippen molar-refractivity contribution in [2.75, 3.05) is 11.9 Å². The van der Waals surface area contributed by atoms with Crippen molar-refractivity contribution in [2.45, 2.75) is 51.9 Å². The van der Waals surface area contributed by atoms with Gasteiger partial charge in [0.2, 0.25) is 5.91 Å². The average molecular weight is 372 g/mol. The molecule has 0 saturated carbocycles. The molecule has 0 atom stereocenters. The fourth-order valence-electron chi connectivity index (χ4n) is 3.36. The Labute approximate surface area is 158 Å². The third-order valence-corrected chi connectivity index (χ3v) is 5.82. The zero-order chi connectivity index (χ0) is 18.4. The van der Waals surface area contributed by atoms with Crippen molar-refractivity contribution < 1.29 is 14.3 Å². The van der Waals surface area contributed by atoms with E-state index in [1.165, 1.54) is 10.4 Å². The molecular weight excluding hydrogens is 346 g/mol. The van der Waals surface area contributed by atoms with E-state index in [1.807, 2.05) is 18.2 Å². The third-order valence-electron chi connectivity index (χ3n) is 4.62. The predicted molar refractivity (Wildman–Crippen MR) is 105 cm³/mol. The van der Waals surface area contributed by atoms with Crippen LogP contribution in [0.4, 0.5) is 5.00 Å². The zero-order valence-electron chi connectivity index (χ0n) is 15.2. The fourth-order valence-corrected chi connectivity index (χ4v) is 4.65. The molecule has 0 radical (unpaired) electrons. The second-order valence-corrected chi connectivity index (χ2v) is 7.63. The number of thiophene rings is 1. The quantitative estimate of drug-likeness (QED) is 0.714. The highest BCUT2D eigenvalue weighted by atomic mass is 32.1. The van der Waals surface area contributed by atoms with Crippen molar-refractivity contribution in [1.29, 1.82) is 0 Å². The fraction of sp³-hybridized carbons (Fsp3) is 0.429. The normalized spacial score (nSPS) is 13.1. The van der Waals surface area contributed by atoms with E-state index in [0.717, 1.165) is 44.1 Å². The second-order valence-electron chi connectivity index (χ2n) is 6.52. The van der Waals surface area contributed by atoms with Gasteiger partial charge in [0.05, 0.1) is 12.2 Å². The van der Waals surface area contributed by atoms with E-state index in [0.29, 0.717) is 23.6 Å². The van der Waals surface area contributed by atoms with Crippen LogP contribution in [0.25, 0.3) is 0 Å². The Balaban J connectivity index is 1.65. The number of carbonyl (C=O) groups is 2. The van der Waals surface area contributed by atoms with Crippen LogP contribution in [0.3, 0.4) is 0 Å². The molecule has 0 aliphatic heterocycles. The summed E-state index contributed by atoms with van der Waals surface area (Å²) >= 11 is 1.54. The lowest BCUT2D eigenvalue weighted by molar-refractivity contribution is -0.116. The number of amides is 1. The highest BCUT2D eigenvalue weighted by Gasteiger charge is 2.27. The first kappa shape index (κ1) is 18.6. The van der Waals surface area contributed by atoms with Crippen LogP contribution in [-0.4, -0.2) is 18.5 Å². The largest absolute Gasteiger partial charge is 0.462 e. The number of carbonyl (C=O) groups excluding carboxylic acids is 2. The molecule has 1 heterocycles. The standard InChI is InChI=1S/C21H25NO3S/c1-2-25-21(24)19-16-12-6-7-13-17(16)26-20(19)22-18(23)14-8-11-15-9-4-3-5-10-15/h3-5,9-10H,2,6-8,11-14H2,1H3,(H,22,23). The van der Waals surface area contributed by atoms with Gasteiger partial charge in [-0.05, 0) is 56.6 Å². The van der Waals surface area contributed by atoms with Gasteiger partial charge in [-0.1, -0.05) is 30.3 Å². The maximum Gasteiger partial charge on any atom is 0.341 e. The van der Waals surface area contributed by atoms with E-state index in [-0.39, 0.29) is 11.9 Å². The molecule has 1 N–H and O–H groups in total. The summed E-state index contributed by atoms with van der Waals surface area (Å²) in [6, 6.07) is 10.2. The van der Waals surface area contributed by atoms with Gasteiger partial charge in [-0.2, -0.15) is 0 Å². The molecule has 5 heteroatoms. The lowest BCUT2D eigenvalue weighted by Crippen LogP contribution is -2.15. The van der Waals surface area contributed by atoms with Crippen LogP contribution in [0.5, 0.6) is 0 Å². The van der Waals surface area contributed by atoms with Crippen LogP contribution in [0.1, 0.15) is 59.0 Å². The molecule has 0 bridgehead atoms. The first-order valence-electron chi connectivity index (χ1n) is 9.34. The Bertz CT molecular complexity index is 767. The summed E-state index contributed by atoms with van der Waals surface area (Å²) in [5.74, 6) is -0.350. The minimum absolute atomic E-state index is 0.0370. The molecule has 0 saturated heterocycles. The van der Waals surface area contributed by atoms with Gasteiger partial charge in [-0.25, -0.2) is 4.79 Å². The molecule has 3 rings (SSSR count). The van der Waals surface area contributed by atoms with E-state index in [9.17, 15) is 9.59 Å². The average Bonchev–Trinajstić information content (AvgIpc) is 3.00. The van der Waals surface area contributed by atoms with Gasteiger partial charge >= 0.3 is 5.97 Å². The van der Waals surface area contributed by atoms with E-state index in [2.05, 4.69) is 17.4 Å². The number of aryl methyl sites for hydroxylation is 2. The van der Waals surface area contributed by atoms with Gasteiger partial charge in [0, 0.05) is 11.3 Å². The molecule has 0 spiro atoms. The Kier molecular flexibility index (Phi) is 6.45. The topological polar surface area (TPSA) is 55.4 Å². The summed E-state index contributed by atoms with van der Waals surface area (Å²) in [5, 5.41) is 3.64. The third kappa shape index (κ3) is 4.52. The number of rotatable bonds is 7. The van der Waals surface area contributed by atoms with Crippen LogP contribution in [0.2, 0.25) is 0 Å². The monoisotopic (exact) mass is 371 g/mol. The Hall–Kier alpha value is -2.14. The minimum atomic E-state index is -0.313. The van der Waals surface area contributed by atoms with Gasteiger partial charge in [0.25, 0.3) is 0 Å². The molecule has 4 nitrogen and oxygen atoms in total. The predicted octanol–water partition coefficient (Wildman–Crippen LogP) is 4.77. The molecule has 1 aromatic heterocycles. The van der Waals surface area contributed by atoms with Crippen molar-refractivity contribution in [3.05, 3.63) is 51.9 Å². The number of hydrogen-bond donors (Lipinski definition) is 1. The van der Waals surface area contributed by atoms with Crippen molar-refractivity contribution in [3.8, 4) is 0 Å². The number of benzene rings is 1. The summed E-state index contributed by atoms with van der Waals surface area (Å²) in [7, 11) is 0. The molecule has 0 unspecified atom stereocenters. The second kappa shape index (κ2) is 8.99. The van der Waals surface area contributed by atoms with Crippen molar-refractivity contribution >= 4 is 28.2 Å². The molecule has 26 heavy (non-hydrogen) atoms. The van der Waals surface area contributed by atoms with Gasteiger partial charge in [0.15, 0.2) is 0 Å². The van der Waals surface area contributed by atoms with Gasteiger partial charge in [0.1, 0.15) is 5.00 Å². The van der Waals surface area contributed by atoms with Gasteiger partial charge in [-0.15, -0.1) is 11.3 Å². The zero-order valence-corrected chi connectivity index (χ0v) is 16.0. The SMILES string of the molecule is CCOC(=O)c1c(NC(=O)CCCc2ccccc2)sc2c1CCCC2. The van der Waals surface area contributed by atoms with Crippen molar-refractivity contribution in [2.24, 2.45) is 0 Å². The van der Waals surface area contributed by atoms with Crippen LogP contribution >= 0.6 is 11.3 Å². The number of ether oxygens (including phenoxy) is 1. The maximum atomic E-state index is 12.4. The molecule has 2 aromatic rings. The van der Waals surface area contributed by atoms with E-state index < -0.39 is 0 Å². The molecule has 1 aliphatic rings. The maximum absolute atomic E-state index is 12.4. The smallest absolute Gasteiger partial charge is 0.341 e. The highest BCUT2D eigenvalue weighted by molar-refractivity contribution is 7.17. The number of hydrogen-bond acceptors (Lipinski definition) is 4. The Morgan fingerprint density at radius 1 is 1.15 bits per heavy atom. The summed E-state index contributed by atoms with van der Waals surface area (Å²) in [6.45, 7) is 2.15. The number of anilines is 1. The molecule has 0 fully saturated rings. The van der Waals surface area contributed by atoms with Crippen LogP contribution in [0.15, 0.2) is 30.3 Å². The first-order chi connectivity index (χ1) is 12.7.